The molecule has 8 heteroatoms. The molecule has 4 aromatic rings. The zero-order valence-electron chi connectivity index (χ0n) is 18.3. The van der Waals surface area contributed by atoms with Crippen molar-refractivity contribution in [1.29, 1.82) is 0 Å². The van der Waals surface area contributed by atoms with Crippen LogP contribution >= 0.6 is 0 Å². The Morgan fingerprint density at radius 2 is 1.84 bits per heavy atom. The molecule has 3 heterocycles. The molecule has 0 saturated carbocycles. The fourth-order valence-corrected chi connectivity index (χ4v) is 3.73. The van der Waals surface area contributed by atoms with E-state index in [0.717, 1.165) is 48.0 Å². The third kappa shape index (κ3) is 3.88. The standard InChI is InChI=1S/C23H27N7O/c1-5-28(6-2)18-10-8-17(9-11-18)26-23(31)19-14-25-30-21(12-13-24-22(19)30)20-15-29(7-3)27-16(20)4/h8-15H,5-7H2,1-4H3,(H,26,31). The van der Waals surface area contributed by atoms with Crippen molar-refractivity contribution in [3.63, 3.8) is 0 Å². The molecule has 0 fully saturated rings. The quantitative estimate of drug-likeness (QED) is 0.491. The van der Waals surface area contributed by atoms with Gasteiger partial charge in [0.15, 0.2) is 5.65 Å². The van der Waals surface area contributed by atoms with Crippen LogP contribution in [0.2, 0.25) is 0 Å². The molecule has 160 valence electrons. The fraction of sp³-hybridized carbons (Fsp3) is 0.304. The first-order valence-corrected chi connectivity index (χ1v) is 10.6. The summed E-state index contributed by atoms with van der Waals surface area (Å²) in [6.45, 7) is 10.9. The molecule has 1 N–H and O–H groups in total. The molecule has 0 aliphatic heterocycles. The van der Waals surface area contributed by atoms with E-state index < -0.39 is 0 Å². The molecule has 0 atom stereocenters. The van der Waals surface area contributed by atoms with Gasteiger partial charge in [-0.15, -0.1) is 0 Å². The summed E-state index contributed by atoms with van der Waals surface area (Å²) in [6, 6.07) is 9.75. The van der Waals surface area contributed by atoms with Gasteiger partial charge in [-0.05, 0) is 58.0 Å². The molecule has 3 aromatic heterocycles. The average molecular weight is 418 g/mol. The highest BCUT2D eigenvalue weighted by atomic mass is 16.1. The summed E-state index contributed by atoms with van der Waals surface area (Å²) in [7, 11) is 0. The SMILES string of the molecule is CCN(CC)c1ccc(NC(=O)c2cnn3c(-c4cn(CC)nc4C)ccnc23)cc1. The summed E-state index contributed by atoms with van der Waals surface area (Å²) in [5.74, 6) is -0.240. The summed E-state index contributed by atoms with van der Waals surface area (Å²) < 4.78 is 3.58. The van der Waals surface area contributed by atoms with Gasteiger partial charge in [0.05, 0.1) is 17.6 Å². The van der Waals surface area contributed by atoms with Crippen LogP contribution in [0.1, 0.15) is 36.8 Å². The number of hydrogen-bond donors (Lipinski definition) is 1. The van der Waals surface area contributed by atoms with Gasteiger partial charge in [0.1, 0.15) is 5.56 Å². The topological polar surface area (TPSA) is 80.4 Å². The van der Waals surface area contributed by atoms with Crippen LogP contribution in [0, 0.1) is 6.92 Å². The molecule has 0 spiro atoms. The Morgan fingerprint density at radius 3 is 2.48 bits per heavy atom. The molecule has 0 aliphatic carbocycles. The largest absolute Gasteiger partial charge is 0.372 e. The molecule has 1 aromatic carbocycles. The number of anilines is 2. The van der Waals surface area contributed by atoms with Crippen molar-refractivity contribution in [2.45, 2.75) is 34.2 Å². The van der Waals surface area contributed by atoms with Crippen molar-refractivity contribution in [2.75, 3.05) is 23.3 Å². The van der Waals surface area contributed by atoms with Crippen molar-refractivity contribution in [1.82, 2.24) is 24.4 Å². The third-order valence-corrected chi connectivity index (χ3v) is 5.45. The Kier molecular flexibility index (Phi) is 5.70. The Morgan fingerprint density at radius 1 is 1.10 bits per heavy atom. The van der Waals surface area contributed by atoms with E-state index in [1.165, 1.54) is 0 Å². The van der Waals surface area contributed by atoms with Gasteiger partial charge in [-0.1, -0.05) is 0 Å². The van der Waals surface area contributed by atoms with Gasteiger partial charge in [-0.3, -0.25) is 9.48 Å². The molecular weight excluding hydrogens is 390 g/mol. The molecule has 0 unspecified atom stereocenters. The predicted molar refractivity (Wildman–Crippen MR) is 123 cm³/mol. The minimum atomic E-state index is -0.240. The van der Waals surface area contributed by atoms with Gasteiger partial charge in [-0.2, -0.15) is 10.2 Å². The molecule has 1 amide bonds. The van der Waals surface area contributed by atoms with Crippen LogP contribution in [0.3, 0.4) is 0 Å². The molecule has 0 radical (unpaired) electrons. The van der Waals surface area contributed by atoms with Crippen molar-refractivity contribution >= 4 is 22.9 Å². The maximum Gasteiger partial charge on any atom is 0.261 e. The molecule has 31 heavy (non-hydrogen) atoms. The number of rotatable bonds is 7. The second-order valence-electron chi connectivity index (χ2n) is 7.28. The minimum absolute atomic E-state index is 0.240. The van der Waals surface area contributed by atoms with E-state index >= 15 is 0 Å². The Labute approximate surface area is 181 Å². The zero-order chi connectivity index (χ0) is 22.0. The monoisotopic (exact) mass is 417 g/mol. The van der Waals surface area contributed by atoms with Crippen LogP contribution in [0.25, 0.3) is 16.9 Å². The number of aromatic nitrogens is 5. The van der Waals surface area contributed by atoms with Crippen molar-refractivity contribution in [2.24, 2.45) is 0 Å². The van der Waals surface area contributed by atoms with Crippen LogP contribution in [-0.4, -0.2) is 43.4 Å². The first-order valence-electron chi connectivity index (χ1n) is 10.6. The molecule has 0 saturated heterocycles. The summed E-state index contributed by atoms with van der Waals surface area (Å²) in [6.07, 6.45) is 5.25. The molecule has 4 rings (SSSR count). The Balaban J connectivity index is 1.62. The fourth-order valence-electron chi connectivity index (χ4n) is 3.73. The second-order valence-corrected chi connectivity index (χ2v) is 7.28. The van der Waals surface area contributed by atoms with E-state index in [2.05, 4.69) is 39.2 Å². The number of aryl methyl sites for hydroxylation is 2. The molecule has 8 nitrogen and oxygen atoms in total. The Bertz CT molecular complexity index is 1200. The highest BCUT2D eigenvalue weighted by Gasteiger charge is 2.18. The van der Waals surface area contributed by atoms with Crippen LogP contribution in [0.4, 0.5) is 11.4 Å². The smallest absolute Gasteiger partial charge is 0.261 e. The number of nitrogens with zero attached hydrogens (tertiary/aromatic N) is 6. The van der Waals surface area contributed by atoms with Gasteiger partial charge >= 0.3 is 0 Å². The first-order chi connectivity index (χ1) is 15.0. The normalized spacial score (nSPS) is 11.1. The number of carbonyl (C=O) groups excluding carboxylic acids is 1. The number of amides is 1. The van der Waals surface area contributed by atoms with E-state index in [1.54, 1.807) is 16.9 Å². The van der Waals surface area contributed by atoms with Gasteiger partial charge in [-0.25, -0.2) is 9.50 Å². The summed E-state index contributed by atoms with van der Waals surface area (Å²) in [5.41, 5.74) is 5.53. The average Bonchev–Trinajstić information content (AvgIpc) is 3.39. The second kappa shape index (κ2) is 8.59. The van der Waals surface area contributed by atoms with Gasteiger partial charge in [0, 0.05) is 49.0 Å². The lowest BCUT2D eigenvalue weighted by Crippen LogP contribution is -2.21. The molecular formula is C23H27N7O. The van der Waals surface area contributed by atoms with E-state index in [4.69, 9.17) is 0 Å². The lowest BCUT2D eigenvalue weighted by molar-refractivity contribution is 0.102. The van der Waals surface area contributed by atoms with E-state index in [-0.39, 0.29) is 5.91 Å². The van der Waals surface area contributed by atoms with Crippen molar-refractivity contribution in [3.8, 4) is 11.3 Å². The van der Waals surface area contributed by atoms with Crippen LogP contribution < -0.4 is 10.2 Å². The summed E-state index contributed by atoms with van der Waals surface area (Å²) >= 11 is 0. The number of nitrogens with one attached hydrogen (secondary N) is 1. The van der Waals surface area contributed by atoms with Crippen LogP contribution in [0.15, 0.2) is 48.9 Å². The van der Waals surface area contributed by atoms with Crippen LogP contribution in [0.5, 0.6) is 0 Å². The molecule has 0 aliphatic rings. The van der Waals surface area contributed by atoms with E-state index in [0.29, 0.717) is 11.2 Å². The zero-order valence-corrected chi connectivity index (χ0v) is 18.3. The third-order valence-electron chi connectivity index (χ3n) is 5.45. The lowest BCUT2D eigenvalue weighted by Gasteiger charge is -2.21. The maximum atomic E-state index is 13.0. The number of benzene rings is 1. The van der Waals surface area contributed by atoms with Gasteiger partial charge in [0.25, 0.3) is 5.91 Å². The Hall–Kier alpha value is -3.68. The van der Waals surface area contributed by atoms with E-state index in [1.807, 2.05) is 55.1 Å². The number of carbonyl (C=O) groups is 1. The predicted octanol–water partition coefficient (Wildman–Crippen LogP) is 4.02. The highest BCUT2D eigenvalue weighted by molar-refractivity contribution is 6.08. The van der Waals surface area contributed by atoms with Crippen LogP contribution in [-0.2, 0) is 6.54 Å². The highest BCUT2D eigenvalue weighted by Crippen LogP contribution is 2.24. The van der Waals surface area contributed by atoms with Crippen molar-refractivity contribution < 1.29 is 4.79 Å². The molecule has 0 bridgehead atoms. The maximum absolute atomic E-state index is 13.0. The first kappa shape index (κ1) is 20.6. The number of fused-ring (bicyclic) bond motifs is 1. The number of hydrogen-bond acceptors (Lipinski definition) is 5. The summed E-state index contributed by atoms with van der Waals surface area (Å²) in [4.78, 5) is 19.6. The van der Waals surface area contributed by atoms with Gasteiger partial charge in [0.2, 0.25) is 0 Å². The minimum Gasteiger partial charge on any atom is -0.372 e. The lowest BCUT2D eigenvalue weighted by atomic mass is 10.2. The van der Waals surface area contributed by atoms with Gasteiger partial charge < -0.3 is 10.2 Å². The van der Waals surface area contributed by atoms with E-state index in [9.17, 15) is 4.79 Å². The van der Waals surface area contributed by atoms with Crippen molar-refractivity contribution in [3.05, 3.63) is 60.2 Å². The summed E-state index contributed by atoms with van der Waals surface area (Å²) in [5, 5.41) is 11.9.